The number of anilines is 1. The minimum absolute atomic E-state index is 0.166. The predicted molar refractivity (Wildman–Crippen MR) is 88.9 cm³/mol. The summed E-state index contributed by atoms with van der Waals surface area (Å²) in [6, 6.07) is 0. The molecule has 0 amide bonds. The van der Waals surface area contributed by atoms with Crippen molar-refractivity contribution in [2.75, 3.05) is 18.9 Å². The van der Waals surface area contributed by atoms with Crippen LogP contribution in [0.15, 0.2) is 6.20 Å². The highest BCUT2D eigenvalue weighted by molar-refractivity contribution is 6.32. The lowest BCUT2D eigenvalue weighted by molar-refractivity contribution is -0.0337. The molecule has 2 aromatic rings. The quantitative estimate of drug-likeness (QED) is 0.701. The molecule has 1 saturated carbocycles. The molecular formula is C15H22ClN5O3. The number of aromatic nitrogens is 4. The van der Waals surface area contributed by atoms with Crippen molar-refractivity contribution in [3.63, 3.8) is 0 Å². The second-order valence-electron chi connectivity index (χ2n) is 6.65. The number of fused-ring (bicyclic) bond motifs is 1. The van der Waals surface area contributed by atoms with Gasteiger partial charge in [-0.2, -0.15) is 0 Å². The Labute approximate surface area is 144 Å². The van der Waals surface area contributed by atoms with Gasteiger partial charge in [0.1, 0.15) is 11.3 Å². The van der Waals surface area contributed by atoms with Gasteiger partial charge < -0.3 is 20.7 Å². The van der Waals surface area contributed by atoms with Crippen molar-refractivity contribution in [3.05, 3.63) is 17.2 Å². The lowest BCUT2D eigenvalue weighted by Crippen LogP contribution is -2.40. The highest BCUT2D eigenvalue weighted by Crippen LogP contribution is 2.44. The van der Waals surface area contributed by atoms with E-state index in [4.69, 9.17) is 27.2 Å². The summed E-state index contributed by atoms with van der Waals surface area (Å²) >= 11 is 6.01. The Morgan fingerprint density at radius 3 is 2.75 bits per heavy atom. The van der Waals surface area contributed by atoms with Crippen molar-refractivity contribution in [1.29, 1.82) is 0 Å². The molecule has 1 atom stereocenters. The highest BCUT2D eigenvalue weighted by Gasteiger charge is 2.41. The standard InChI is InChI=1S/C10H12ClN5O.C5H10O2/c1-10(17)2-5(3-10)8-14-7(11)6-4-13-9(12)15-16(6)8;6-5-2-1-3-7-4-5/h4-5,17H,2-3H2,1H3,(H2,12,15);5-6H,1-4H2. The number of aliphatic hydroxyl groups is 2. The molecule has 1 saturated heterocycles. The van der Waals surface area contributed by atoms with Crippen LogP contribution in [0.3, 0.4) is 0 Å². The number of halogens is 1. The summed E-state index contributed by atoms with van der Waals surface area (Å²) in [5, 5.41) is 23.0. The molecule has 0 radical (unpaired) electrons. The molecule has 4 N–H and O–H groups in total. The Balaban J connectivity index is 0.000000203. The lowest BCUT2D eigenvalue weighted by atomic mass is 9.72. The van der Waals surface area contributed by atoms with E-state index in [9.17, 15) is 5.11 Å². The largest absolute Gasteiger partial charge is 0.391 e. The minimum atomic E-state index is -0.610. The maximum Gasteiger partial charge on any atom is 0.238 e. The van der Waals surface area contributed by atoms with Crippen LogP contribution < -0.4 is 5.73 Å². The van der Waals surface area contributed by atoms with Gasteiger partial charge in [-0.05, 0) is 32.6 Å². The number of nitrogen functional groups attached to an aromatic ring is 1. The summed E-state index contributed by atoms with van der Waals surface area (Å²) in [6.45, 7) is 3.18. The molecule has 2 aromatic heterocycles. The number of nitrogens with two attached hydrogens (primary N) is 1. The summed E-state index contributed by atoms with van der Waals surface area (Å²) < 4.78 is 6.55. The van der Waals surface area contributed by atoms with E-state index in [-0.39, 0.29) is 18.0 Å². The molecule has 1 aliphatic heterocycles. The molecule has 8 nitrogen and oxygen atoms in total. The lowest BCUT2D eigenvalue weighted by Gasteiger charge is -2.39. The van der Waals surface area contributed by atoms with Crippen LogP contribution in [0.2, 0.25) is 5.15 Å². The van der Waals surface area contributed by atoms with E-state index in [0.29, 0.717) is 30.1 Å². The Kier molecular flexibility index (Phi) is 4.91. The molecular weight excluding hydrogens is 334 g/mol. The Morgan fingerprint density at radius 1 is 1.46 bits per heavy atom. The predicted octanol–water partition coefficient (Wildman–Crippen LogP) is 1.15. The fourth-order valence-electron chi connectivity index (χ4n) is 3.06. The summed E-state index contributed by atoms with van der Waals surface area (Å²) in [5.74, 6) is 1.09. The van der Waals surface area contributed by atoms with E-state index < -0.39 is 5.60 Å². The number of nitrogens with zero attached hydrogens (tertiary/aromatic N) is 4. The van der Waals surface area contributed by atoms with Gasteiger partial charge in [0.05, 0.1) is 24.5 Å². The van der Waals surface area contributed by atoms with Crippen LogP contribution in [0, 0.1) is 0 Å². The molecule has 0 aromatic carbocycles. The average Bonchev–Trinajstić information content (AvgIpc) is 2.82. The van der Waals surface area contributed by atoms with E-state index in [2.05, 4.69) is 15.1 Å². The van der Waals surface area contributed by atoms with Crippen molar-refractivity contribution in [3.8, 4) is 0 Å². The van der Waals surface area contributed by atoms with E-state index in [0.717, 1.165) is 25.3 Å². The first-order valence-corrected chi connectivity index (χ1v) is 8.38. The average molecular weight is 356 g/mol. The van der Waals surface area contributed by atoms with Gasteiger partial charge >= 0.3 is 0 Å². The molecule has 0 bridgehead atoms. The zero-order valence-corrected chi connectivity index (χ0v) is 14.3. The van der Waals surface area contributed by atoms with Crippen LogP contribution in [-0.4, -0.2) is 54.7 Å². The topological polar surface area (TPSA) is 119 Å². The third kappa shape index (κ3) is 3.77. The van der Waals surface area contributed by atoms with Crippen molar-refractivity contribution < 1.29 is 14.9 Å². The summed E-state index contributed by atoms with van der Waals surface area (Å²) in [6.07, 6.45) is 4.62. The van der Waals surface area contributed by atoms with E-state index in [1.807, 2.05) is 6.92 Å². The maximum atomic E-state index is 9.75. The molecule has 3 heterocycles. The number of aliphatic hydroxyl groups excluding tert-OH is 1. The van der Waals surface area contributed by atoms with Crippen molar-refractivity contribution in [2.45, 2.75) is 50.2 Å². The van der Waals surface area contributed by atoms with Gasteiger partial charge in [-0.15, -0.1) is 5.10 Å². The Hall–Kier alpha value is -1.48. The monoisotopic (exact) mass is 355 g/mol. The molecule has 9 heteroatoms. The fourth-order valence-corrected chi connectivity index (χ4v) is 3.27. The Morgan fingerprint density at radius 2 is 2.21 bits per heavy atom. The number of imidazole rings is 1. The van der Waals surface area contributed by atoms with Gasteiger partial charge in [0.15, 0.2) is 5.15 Å². The first-order chi connectivity index (χ1) is 11.4. The zero-order valence-electron chi connectivity index (χ0n) is 13.5. The third-order valence-electron chi connectivity index (χ3n) is 4.26. The molecule has 0 spiro atoms. The van der Waals surface area contributed by atoms with Crippen LogP contribution in [0.1, 0.15) is 44.3 Å². The van der Waals surface area contributed by atoms with E-state index >= 15 is 0 Å². The maximum absolute atomic E-state index is 9.75. The van der Waals surface area contributed by atoms with Crippen molar-refractivity contribution in [2.24, 2.45) is 0 Å². The SMILES string of the molecule is CC1(O)CC(c2nc(Cl)c3cnc(N)nn23)C1.OC1CCCOC1. The summed E-state index contributed by atoms with van der Waals surface area (Å²) in [7, 11) is 0. The molecule has 4 rings (SSSR count). The van der Waals surface area contributed by atoms with Crippen LogP contribution >= 0.6 is 11.6 Å². The van der Waals surface area contributed by atoms with Gasteiger partial charge in [-0.25, -0.2) is 14.5 Å². The van der Waals surface area contributed by atoms with Crippen molar-refractivity contribution in [1.82, 2.24) is 19.6 Å². The van der Waals surface area contributed by atoms with Crippen LogP contribution in [0.4, 0.5) is 5.95 Å². The zero-order chi connectivity index (χ0) is 17.3. The molecule has 2 fully saturated rings. The van der Waals surface area contributed by atoms with Crippen LogP contribution in [-0.2, 0) is 4.74 Å². The molecule has 2 aliphatic rings. The van der Waals surface area contributed by atoms with Gasteiger partial charge in [-0.1, -0.05) is 11.6 Å². The highest BCUT2D eigenvalue weighted by atomic mass is 35.5. The number of ether oxygens (including phenoxy) is 1. The van der Waals surface area contributed by atoms with E-state index in [1.165, 1.54) is 0 Å². The smallest absolute Gasteiger partial charge is 0.238 e. The summed E-state index contributed by atoms with van der Waals surface area (Å²) in [5.41, 5.74) is 5.58. The minimum Gasteiger partial charge on any atom is -0.391 e. The second kappa shape index (κ2) is 6.79. The van der Waals surface area contributed by atoms with Gasteiger partial charge in [0.2, 0.25) is 5.95 Å². The number of hydrogen-bond donors (Lipinski definition) is 3. The first kappa shape index (κ1) is 17.3. The number of rotatable bonds is 1. The van der Waals surface area contributed by atoms with Gasteiger partial charge in [0.25, 0.3) is 0 Å². The molecule has 24 heavy (non-hydrogen) atoms. The van der Waals surface area contributed by atoms with Crippen molar-refractivity contribution >= 4 is 23.1 Å². The normalized spacial score (nSPS) is 29.7. The van der Waals surface area contributed by atoms with Crippen LogP contribution in [0.25, 0.3) is 5.52 Å². The van der Waals surface area contributed by atoms with Gasteiger partial charge in [-0.3, -0.25) is 0 Å². The summed E-state index contributed by atoms with van der Waals surface area (Å²) in [4.78, 5) is 8.16. The molecule has 132 valence electrons. The molecule has 1 unspecified atom stereocenters. The van der Waals surface area contributed by atoms with E-state index in [1.54, 1.807) is 10.7 Å². The second-order valence-corrected chi connectivity index (χ2v) is 7.01. The fraction of sp³-hybridized carbons (Fsp3) is 0.667. The van der Waals surface area contributed by atoms with Gasteiger partial charge in [0, 0.05) is 12.5 Å². The molecule has 1 aliphatic carbocycles. The third-order valence-corrected chi connectivity index (χ3v) is 4.54. The Bertz CT molecular complexity index is 706. The number of hydrogen-bond acceptors (Lipinski definition) is 7. The first-order valence-electron chi connectivity index (χ1n) is 8.00. The van der Waals surface area contributed by atoms with Crippen LogP contribution in [0.5, 0.6) is 0 Å².